The lowest BCUT2D eigenvalue weighted by Gasteiger charge is -2.19. The number of allylic oxidation sites excluding steroid dienone is 2. The highest BCUT2D eigenvalue weighted by Crippen LogP contribution is 2.44. The minimum Gasteiger partial charge on any atom is -0.497 e. The molecule has 198 valence electrons. The molecule has 1 unspecified atom stereocenters. The number of nitrogens with zero attached hydrogens (tertiary/aromatic N) is 2. The number of methoxy groups -OCH3 is 1. The molecular weight excluding hydrogens is 468 g/mol. The van der Waals surface area contributed by atoms with Crippen molar-refractivity contribution in [1.29, 1.82) is 0 Å². The first-order valence-electron chi connectivity index (χ1n) is 13.2. The number of aromatic nitrogens is 2. The fourth-order valence-corrected chi connectivity index (χ4v) is 4.64. The molecular formula is C30H38N2O5. The Bertz CT molecular complexity index is 1240. The summed E-state index contributed by atoms with van der Waals surface area (Å²) in [5.41, 5.74) is 3.24. The number of carbonyl (C=O) groups excluding carboxylic acids is 1. The second-order valence-corrected chi connectivity index (χ2v) is 10.6. The number of esters is 1. The van der Waals surface area contributed by atoms with E-state index < -0.39 is 5.60 Å². The van der Waals surface area contributed by atoms with Crippen molar-refractivity contribution in [3.8, 4) is 22.8 Å². The van der Waals surface area contributed by atoms with Gasteiger partial charge in [0, 0.05) is 12.0 Å². The van der Waals surface area contributed by atoms with Crippen LogP contribution >= 0.6 is 0 Å². The zero-order chi connectivity index (χ0) is 26.4. The lowest BCUT2D eigenvalue weighted by Crippen LogP contribution is -2.23. The number of fused-ring (bicyclic) bond motifs is 1. The van der Waals surface area contributed by atoms with E-state index in [1.54, 1.807) is 7.11 Å². The monoisotopic (exact) mass is 506 g/mol. The fraction of sp³-hybridized carbons (Fsp3) is 0.500. The molecule has 2 aromatic heterocycles. The zero-order valence-corrected chi connectivity index (χ0v) is 22.6. The molecule has 1 aromatic carbocycles. The molecule has 0 bridgehead atoms. The SMILES string of the molecule is COc1ccc(-c2c(C3=CCCCC3)oc3ncnc(OC(C)CCCCC(=O)OC(C)(C)C)c23)cc1. The number of unbranched alkanes of at least 4 members (excludes halogenated alkanes) is 1. The maximum atomic E-state index is 12.0. The molecule has 0 aliphatic heterocycles. The average Bonchev–Trinajstić information content (AvgIpc) is 3.27. The van der Waals surface area contributed by atoms with Crippen LogP contribution in [0.15, 0.2) is 41.1 Å². The van der Waals surface area contributed by atoms with Gasteiger partial charge in [-0.3, -0.25) is 4.79 Å². The Hall–Kier alpha value is -3.35. The number of benzene rings is 1. The highest BCUT2D eigenvalue weighted by atomic mass is 16.6. The van der Waals surface area contributed by atoms with Crippen LogP contribution in [0.1, 0.15) is 84.8 Å². The van der Waals surface area contributed by atoms with Gasteiger partial charge in [-0.05, 0) is 95.9 Å². The van der Waals surface area contributed by atoms with E-state index in [2.05, 4.69) is 16.0 Å². The van der Waals surface area contributed by atoms with Crippen LogP contribution in [0.25, 0.3) is 27.8 Å². The second-order valence-electron chi connectivity index (χ2n) is 10.6. The summed E-state index contributed by atoms with van der Waals surface area (Å²) in [5.74, 6) is 1.99. The fourth-order valence-electron chi connectivity index (χ4n) is 4.64. The number of rotatable bonds is 10. The molecule has 1 aliphatic carbocycles. The van der Waals surface area contributed by atoms with Crippen molar-refractivity contribution >= 4 is 22.6 Å². The first-order chi connectivity index (χ1) is 17.7. The predicted molar refractivity (Wildman–Crippen MR) is 145 cm³/mol. The van der Waals surface area contributed by atoms with Gasteiger partial charge in [0.05, 0.1) is 13.2 Å². The second kappa shape index (κ2) is 11.8. The van der Waals surface area contributed by atoms with Crippen molar-refractivity contribution in [1.82, 2.24) is 9.97 Å². The first kappa shape index (κ1) is 26.7. The molecule has 0 radical (unpaired) electrons. The van der Waals surface area contributed by atoms with Gasteiger partial charge in [-0.15, -0.1) is 0 Å². The van der Waals surface area contributed by atoms with E-state index in [0.717, 1.165) is 66.5 Å². The normalized spacial score (nSPS) is 14.8. The third-order valence-corrected chi connectivity index (χ3v) is 6.39. The highest BCUT2D eigenvalue weighted by Gasteiger charge is 2.25. The maximum Gasteiger partial charge on any atom is 0.306 e. The summed E-state index contributed by atoms with van der Waals surface area (Å²) < 4.78 is 23.5. The lowest BCUT2D eigenvalue weighted by molar-refractivity contribution is -0.154. The van der Waals surface area contributed by atoms with Gasteiger partial charge in [-0.1, -0.05) is 18.2 Å². The number of furan rings is 1. The molecule has 0 spiro atoms. The van der Waals surface area contributed by atoms with Gasteiger partial charge in [-0.2, -0.15) is 0 Å². The predicted octanol–water partition coefficient (Wildman–Crippen LogP) is 7.53. The van der Waals surface area contributed by atoms with Crippen LogP contribution in [0, 0.1) is 0 Å². The summed E-state index contributed by atoms with van der Waals surface area (Å²) in [4.78, 5) is 21.0. The molecule has 0 fully saturated rings. The van der Waals surface area contributed by atoms with Gasteiger partial charge in [0.15, 0.2) is 0 Å². The highest BCUT2D eigenvalue weighted by molar-refractivity contribution is 6.01. The van der Waals surface area contributed by atoms with Crippen LogP contribution in [0.4, 0.5) is 0 Å². The largest absolute Gasteiger partial charge is 0.497 e. The summed E-state index contributed by atoms with van der Waals surface area (Å²) in [7, 11) is 1.66. The smallest absolute Gasteiger partial charge is 0.306 e. The Kier molecular flexibility index (Phi) is 8.52. The summed E-state index contributed by atoms with van der Waals surface area (Å²) >= 11 is 0. The van der Waals surface area contributed by atoms with Gasteiger partial charge in [0.2, 0.25) is 11.6 Å². The quantitative estimate of drug-likeness (QED) is 0.208. The number of hydrogen-bond acceptors (Lipinski definition) is 7. The molecule has 0 saturated carbocycles. The first-order valence-corrected chi connectivity index (χ1v) is 13.2. The van der Waals surface area contributed by atoms with E-state index in [9.17, 15) is 4.79 Å². The molecule has 3 aromatic rings. The van der Waals surface area contributed by atoms with Crippen molar-refractivity contribution in [3.63, 3.8) is 0 Å². The molecule has 1 atom stereocenters. The summed E-state index contributed by atoms with van der Waals surface area (Å²) in [6.07, 6.45) is 10.8. The van der Waals surface area contributed by atoms with Gasteiger partial charge >= 0.3 is 5.97 Å². The van der Waals surface area contributed by atoms with E-state index in [4.69, 9.17) is 18.6 Å². The standard InChI is InChI=1S/C30H38N2O5/c1-20(11-9-10-14-24(33)37-30(2,3)4)35-28-26-25(21-15-17-23(34-5)18-16-21)27(22-12-7-6-8-13-22)36-29(26)32-19-31-28/h12,15-20H,6-11,13-14H2,1-5H3. The summed E-state index contributed by atoms with van der Waals surface area (Å²) in [6, 6.07) is 7.97. The van der Waals surface area contributed by atoms with Gasteiger partial charge in [0.1, 0.15) is 28.8 Å². The molecule has 2 heterocycles. The van der Waals surface area contributed by atoms with Crippen molar-refractivity contribution in [3.05, 3.63) is 42.4 Å². The van der Waals surface area contributed by atoms with Crippen LogP contribution in [0.3, 0.4) is 0 Å². The molecule has 1 aliphatic rings. The van der Waals surface area contributed by atoms with Crippen molar-refractivity contribution in [2.75, 3.05) is 7.11 Å². The number of ether oxygens (including phenoxy) is 3. The molecule has 7 nitrogen and oxygen atoms in total. The van der Waals surface area contributed by atoms with Crippen molar-refractivity contribution in [2.45, 2.75) is 90.8 Å². The molecule has 0 amide bonds. The van der Waals surface area contributed by atoms with Gasteiger partial charge < -0.3 is 18.6 Å². The van der Waals surface area contributed by atoms with E-state index in [-0.39, 0.29) is 12.1 Å². The Morgan fingerprint density at radius 3 is 2.57 bits per heavy atom. The minimum absolute atomic E-state index is 0.0901. The van der Waals surface area contributed by atoms with Crippen LogP contribution in [-0.4, -0.2) is 34.8 Å². The Labute approximate surface area is 219 Å². The third-order valence-electron chi connectivity index (χ3n) is 6.39. The molecule has 7 heteroatoms. The van der Waals surface area contributed by atoms with E-state index in [1.807, 2.05) is 52.0 Å². The van der Waals surface area contributed by atoms with Crippen molar-refractivity contribution < 1.29 is 23.4 Å². The molecule has 4 rings (SSSR count). The third kappa shape index (κ3) is 6.90. The molecule has 0 N–H and O–H groups in total. The Balaban J connectivity index is 1.56. The Morgan fingerprint density at radius 2 is 1.89 bits per heavy atom. The van der Waals surface area contributed by atoms with Crippen LogP contribution < -0.4 is 9.47 Å². The Morgan fingerprint density at radius 1 is 1.11 bits per heavy atom. The number of hydrogen-bond donors (Lipinski definition) is 0. The zero-order valence-electron chi connectivity index (χ0n) is 22.6. The molecule has 0 saturated heterocycles. The lowest BCUT2D eigenvalue weighted by atomic mass is 9.93. The number of carbonyl (C=O) groups is 1. The van der Waals surface area contributed by atoms with Crippen LogP contribution in [0.5, 0.6) is 11.6 Å². The van der Waals surface area contributed by atoms with E-state index >= 15 is 0 Å². The van der Waals surface area contributed by atoms with E-state index in [0.29, 0.717) is 18.0 Å². The maximum absolute atomic E-state index is 12.0. The summed E-state index contributed by atoms with van der Waals surface area (Å²) in [6.45, 7) is 7.68. The summed E-state index contributed by atoms with van der Waals surface area (Å²) in [5, 5.41) is 0.787. The van der Waals surface area contributed by atoms with Gasteiger partial charge in [-0.25, -0.2) is 9.97 Å². The van der Waals surface area contributed by atoms with E-state index in [1.165, 1.54) is 18.3 Å². The van der Waals surface area contributed by atoms with Gasteiger partial charge in [0.25, 0.3) is 0 Å². The van der Waals surface area contributed by atoms with Crippen LogP contribution in [-0.2, 0) is 9.53 Å². The van der Waals surface area contributed by atoms with Crippen LogP contribution in [0.2, 0.25) is 0 Å². The minimum atomic E-state index is -0.454. The molecule has 37 heavy (non-hydrogen) atoms. The average molecular weight is 507 g/mol. The van der Waals surface area contributed by atoms with Crippen molar-refractivity contribution in [2.24, 2.45) is 0 Å². The topological polar surface area (TPSA) is 83.7 Å².